The second-order valence-electron chi connectivity index (χ2n) is 6.68. The van der Waals surface area contributed by atoms with Crippen molar-refractivity contribution in [1.82, 2.24) is 19.9 Å². The van der Waals surface area contributed by atoms with Gasteiger partial charge in [0, 0.05) is 50.3 Å². The number of hydrogen-bond donors (Lipinski definition) is 1. The molecule has 1 N–H and O–H groups in total. The zero-order valence-electron chi connectivity index (χ0n) is 15.6. The second-order valence-corrected chi connectivity index (χ2v) is 6.68. The number of rotatable bonds is 4. The molecule has 1 saturated heterocycles. The number of hydrogen-bond acceptors (Lipinski definition) is 7. The van der Waals surface area contributed by atoms with Crippen LogP contribution in [-0.2, 0) is 0 Å². The van der Waals surface area contributed by atoms with Gasteiger partial charge in [-0.1, -0.05) is 18.2 Å². The molecule has 0 saturated carbocycles. The van der Waals surface area contributed by atoms with Gasteiger partial charge >= 0.3 is 0 Å². The van der Waals surface area contributed by atoms with Crippen LogP contribution in [0.25, 0.3) is 0 Å². The predicted octanol–water partition coefficient (Wildman–Crippen LogP) is 2.95. The van der Waals surface area contributed by atoms with Gasteiger partial charge in [0.2, 0.25) is 5.95 Å². The van der Waals surface area contributed by atoms with Crippen LogP contribution in [-0.4, -0.2) is 46.1 Å². The van der Waals surface area contributed by atoms with Gasteiger partial charge in [0.1, 0.15) is 18.0 Å². The van der Waals surface area contributed by atoms with Gasteiger partial charge in [-0.25, -0.2) is 19.9 Å². The molecular formula is C20H23N7. The van der Waals surface area contributed by atoms with Crippen molar-refractivity contribution in [1.29, 1.82) is 0 Å². The molecule has 0 radical (unpaired) electrons. The molecule has 0 amide bonds. The SMILES string of the molecule is Cc1cccc(C)c1Nc1cc(N2CCN(c3ncccn3)CC2)ncn1. The fourth-order valence-electron chi connectivity index (χ4n) is 3.32. The summed E-state index contributed by atoms with van der Waals surface area (Å²) in [5.41, 5.74) is 3.51. The molecule has 3 aromatic rings. The van der Waals surface area contributed by atoms with Crippen LogP contribution in [0.2, 0.25) is 0 Å². The summed E-state index contributed by atoms with van der Waals surface area (Å²) in [5, 5.41) is 3.45. The molecule has 0 spiro atoms. The summed E-state index contributed by atoms with van der Waals surface area (Å²) < 4.78 is 0. The summed E-state index contributed by atoms with van der Waals surface area (Å²) in [6.07, 6.45) is 5.19. The van der Waals surface area contributed by atoms with Crippen molar-refractivity contribution in [2.75, 3.05) is 41.3 Å². The molecule has 1 aliphatic rings. The predicted molar refractivity (Wildman–Crippen MR) is 108 cm³/mol. The third kappa shape index (κ3) is 3.81. The first-order chi connectivity index (χ1) is 13.2. The first kappa shape index (κ1) is 17.2. The van der Waals surface area contributed by atoms with Crippen LogP contribution in [0.3, 0.4) is 0 Å². The zero-order chi connectivity index (χ0) is 18.6. The Balaban J connectivity index is 1.46. The summed E-state index contributed by atoms with van der Waals surface area (Å²) in [4.78, 5) is 22.0. The van der Waals surface area contributed by atoms with E-state index in [2.05, 4.69) is 67.1 Å². The van der Waals surface area contributed by atoms with Gasteiger partial charge in [-0.05, 0) is 31.0 Å². The molecule has 27 heavy (non-hydrogen) atoms. The highest BCUT2D eigenvalue weighted by atomic mass is 15.3. The maximum Gasteiger partial charge on any atom is 0.225 e. The van der Waals surface area contributed by atoms with Gasteiger partial charge in [-0.15, -0.1) is 0 Å². The topological polar surface area (TPSA) is 70.1 Å². The standard InChI is InChI=1S/C20H23N7/c1-15-5-3-6-16(2)19(15)25-17-13-18(24-14-23-17)26-9-11-27(12-10-26)20-21-7-4-8-22-20/h3-8,13-14H,9-12H2,1-2H3,(H,23,24,25). The van der Waals surface area contributed by atoms with E-state index in [0.717, 1.165) is 49.5 Å². The van der Waals surface area contributed by atoms with Crippen LogP contribution in [0.5, 0.6) is 0 Å². The van der Waals surface area contributed by atoms with Crippen molar-refractivity contribution >= 4 is 23.3 Å². The molecule has 7 nitrogen and oxygen atoms in total. The Morgan fingerprint density at radius 2 is 1.48 bits per heavy atom. The normalized spacial score (nSPS) is 14.3. The Morgan fingerprint density at radius 1 is 0.815 bits per heavy atom. The van der Waals surface area contributed by atoms with Crippen molar-refractivity contribution in [3.8, 4) is 0 Å². The average Bonchev–Trinajstić information content (AvgIpc) is 2.72. The van der Waals surface area contributed by atoms with Crippen LogP contribution in [0.15, 0.2) is 49.1 Å². The molecule has 0 unspecified atom stereocenters. The van der Waals surface area contributed by atoms with Crippen LogP contribution < -0.4 is 15.1 Å². The van der Waals surface area contributed by atoms with E-state index in [1.165, 1.54) is 11.1 Å². The number of aromatic nitrogens is 4. The Morgan fingerprint density at radius 3 is 2.19 bits per heavy atom. The van der Waals surface area contributed by atoms with E-state index in [0.29, 0.717) is 0 Å². The Labute approximate surface area is 159 Å². The molecule has 2 aromatic heterocycles. The Hall–Kier alpha value is -3.22. The minimum absolute atomic E-state index is 0.789. The largest absolute Gasteiger partial charge is 0.353 e. The lowest BCUT2D eigenvalue weighted by Gasteiger charge is -2.35. The minimum Gasteiger partial charge on any atom is -0.353 e. The molecule has 1 aliphatic heterocycles. The van der Waals surface area contributed by atoms with Crippen LogP contribution >= 0.6 is 0 Å². The maximum absolute atomic E-state index is 4.47. The third-order valence-corrected chi connectivity index (χ3v) is 4.83. The quantitative estimate of drug-likeness (QED) is 0.766. The number of nitrogens with zero attached hydrogens (tertiary/aromatic N) is 6. The molecule has 4 rings (SSSR count). The van der Waals surface area contributed by atoms with E-state index in [9.17, 15) is 0 Å². The minimum atomic E-state index is 0.789. The number of para-hydroxylation sites is 1. The highest BCUT2D eigenvalue weighted by molar-refractivity contribution is 5.66. The van der Waals surface area contributed by atoms with Gasteiger partial charge in [-0.2, -0.15) is 0 Å². The first-order valence-electron chi connectivity index (χ1n) is 9.13. The summed E-state index contributed by atoms with van der Waals surface area (Å²) in [6.45, 7) is 7.68. The van der Waals surface area contributed by atoms with Gasteiger partial charge in [0.05, 0.1) is 0 Å². The van der Waals surface area contributed by atoms with Gasteiger partial charge in [-0.3, -0.25) is 0 Å². The molecule has 138 valence electrons. The molecule has 3 heterocycles. The van der Waals surface area contributed by atoms with Crippen molar-refractivity contribution in [2.45, 2.75) is 13.8 Å². The summed E-state index contributed by atoms with van der Waals surface area (Å²) >= 11 is 0. The van der Waals surface area contributed by atoms with Gasteiger partial charge in [0.15, 0.2) is 0 Å². The summed E-state index contributed by atoms with van der Waals surface area (Å²) in [5.74, 6) is 2.54. The molecule has 0 atom stereocenters. The van der Waals surface area contributed by atoms with E-state index in [1.54, 1.807) is 18.7 Å². The van der Waals surface area contributed by atoms with E-state index in [4.69, 9.17) is 0 Å². The van der Waals surface area contributed by atoms with Crippen LogP contribution in [0.1, 0.15) is 11.1 Å². The van der Waals surface area contributed by atoms with E-state index in [-0.39, 0.29) is 0 Å². The van der Waals surface area contributed by atoms with Crippen molar-refractivity contribution in [2.24, 2.45) is 0 Å². The molecular weight excluding hydrogens is 338 g/mol. The Kier molecular flexibility index (Phi) is 4.82. The third-order valence-electron chi connectivity index (χ3n) is 4.83. The fraction of sp³-hybridized carbons (Fsp3) is 0.300. The van der Waals surface area contributed by atoms with Gasteiger partial charge in [0.25, 0.3) is 0 Å². The number of aryl methyl sites for hydroxylation is 2. The zero-order valence-corrected chi connectivity index (χ0v) is 15.6. The lowest BCUT2D eigenvalue weighted by Crippen LogP contribution is -2.47. The lowest BCUT2D eigenvalue weighted by atomic mass is 10.1. The van der Waals surface area contributed by atoms with Crippen molar-refractivity contribution in [3.63, 3.8) is 0 Å². The number of anilines is 4. The highest BCUT2D eigenvalue weighted by Gasteiger charge is 2.20. The molecule has 1 fully saturated rings. The van der Waals surface area contributed by atoms with E-state index < -0.39 is 0 Å². The van der Waals surface area contributed by atoms with Crippen LogP contribution in [0, 0.1) is 13.8 Å². The number of piperazine rings is 1. The molecule has 0 aliphatic carbocycles. The molecule has 7 heteroatoms. The highest BCUT2D eigenvalue weighted by Crippen LogP contribution is 2.25. The fourth-order valence-corrected chi connectivity index (χ4v) is 3.32. The summed E-state index contributed by atoms with van der Waals surface area (Å²) in [7, 11) is 0. The monoisotopic (exact) mass is 361 g/mol. The van der Waals surface area contributed by atoms with Crippen LogP contribution in [0.4, 0.5) is 23.3 Å². The average molecular weight is 361 g/mol. The van der Waals surface area contributed by atoms with E-state index >= 15 is 0 Å². The summed E-state index contributed by atoms with van der Waals surface area (Å²) in [6, 6.07) is 10.1. The lowest BCUT2D eigenvalue weighted by molar-refractivity contribution is 0.634. The van der Waals surface area contributed by atoms with E-state index in [1.807, 2.05) is 12.1 Å². The maximum atomic E-state index is 4.47. The smallest absolute Gasteiger partial charge is 0.225 e. The molecule has 0 bridgehead atoms. The second kappa shape index (κ2) is 7.57. The van der Waals surface area contributed by atoms with Crippen molar-refractivity contribution in [3.05, 3.63) is 60.2 Å². The Bertz CT molecular complexity index is 885. The number of benzene rings is 1. The van der Waals surface area contributed by atoms with Gasteiger partial charge < -0.3 is 15.1 Å². The molecule has 1 aromatic carbocycles. The number of nitrogens with one attached hydrogen (secondary N) is 1. The van der Waals surface area contributed by atoms with Crippen molar-refractivity contribution < 1.29 is 0 Å². The first-order valence-corrected chi connectivity index (χ1v) is 9.13.